The summed E-state index contributed by atoms with van der Waals surface area (Å²) < 4.78 is 33.8. The zero-order chi connectivity index (χ0) is 21.0. The fraction of sp³-hybridized carbons (Fsp3) is 0.227. The van der Waals surface area contributed by atoms with Crippen molar-refractivity contribution < 1.29 is 22.4 Å². The molecule has 0 saturated carbocycles. The summed E-state index contributed by atoms with van der Waals surface area (Å²) in [6, 6.07) is 16.5. The first-order chi connectivity index (χ1) is 13.7. The highest BCUT2D eigenvalue weighted by atomic mass is 32.2. The van der Waals surface area contributed by atoms with Crippen molar-refractivity contribution in [2.75, 3.05) is 11.6 Å². The zero-order valence-corrected chi connectivity index (χ0v) is 17.4. The topological polar surface area (TPSA) is 85.6 Å². The molecule has 0 spiro atoms. The SMILES string of the molecule is Cc1cccc(COc2ccc(NC(=O)c3ccc(CS(C)(=O)=O)o3)c(C)c2)c1. The van der Waals surface area contributed by atoms with Crippen molar-refractivity contribution in [3.8, 4) is 5.75 Å². The molecule has 152 valence electrons. The summed E-state index contributed by atoms with van der Waals surface area (Å²) in [7, 11) is -3.23. The number of sulfone groups is 1. The van der Waals surface area contributed by atoms with Crippen LogP contribution in [-0.2, 0) is 22.2 Å². The molecular formula is C22H23NO5S. The van der Waals surface area contributed by atoms with Crippen molar-refractivity contribution in [3.05, 3.63) is 82.8 Å². The Balaban J connectivity index is 1.63. The quantitative estimate of drug-likeness (QED) is 0.625. The Bertz CT molecular complexity index is 1130. The van der Waals surface area contributed by atoms with E-state index in [1.54, 1.807) is 12.1 Å². The lowest BCUT2D eigenvalue weighted by Gasteiger charge is -2.11. The summed E-state index contributed by atoms with van der Waals surface area (Å²) in [5, 5.41) is 2.77. The Labute approximate surface area is 170 Å². The van der Waals surface area contributed by atoms with Gasteiger partial charge in [-0.2, -0.15) is 0 Å². The highest BCUT2D eigenvalue weighted by Crippen LogP contribution is 2.23. The molecule has 0 aliphatic heterocycles. The summed E-state index contributed by atoms with van der Waals surface area (Å²) in [5.41, 5.74) is 3.72. The molecule has 0 saturated heterocycles. The molecule has 1 N–H and O–H groups in total. The van der Waals surface area contributed by atoms with Crippen LogP contribution in [0, 0.1) is 13.8 Å². The van der Waals surface area contributed by atoms with Gasteiger partial charge in [0, 0.05) is 11.9 Å². The molecule has 2 aromatic carbocycles. The molecule has 1 heterocycles. The minimum absolute atomic E-state index is 0.0582. The van der Waals surface area contributed by atoms with Gasteiger partial charge in [0.05, 0.1) is 0 Å². The van der Waals surface area contributed by atoms with Crippen LogP contribution in [0.5, 0.6) is 5.75 Å². The van der Waals surface area contributed by atoms with E-state index in [1.165, 1.54) is 17.7 Å². The van der Waals surface area contributed by atoms with E-state index < -0.39 is 15.7 Å². The normalized spacial score (nSPS) is 11.3. The number of amides is 1. The summed E-state index contributed by atoms with van der Waals surface area (Å²) in [6.07, 6.45) is 1.11. The van der Waals surface area contributed by atoms with E-state index in [4.69, 9.17) is 9.15 Å². The van der Waals surface area contributed by atoms with Crippen molar-refractivity contribution in [2.24, 2.45) is 0 Å². The van der Waals surface area contributed by atoms with Gasteiger partial charge in [-0.1, -0.05) is 29.8 Å². The average Bonchev–Trinajstić information content (AvgIpc) is 3.09. The van der Waals surface area contributed by atoms with Crippen LogP contribution in [0.1, 0.15) is 33.0 Å². The van der Waals surface area contributed by atoms with E-state index >= 15 is 0 Å². The van der Waals surface area contributed by atoms with Gasteiger partial charge in [-0.25, -0.2) is 8.42 Å². The van der Waals surface area contributed by atoms with Crippen LogP contribution in [0.25, 0.3) is 0 Å². The smallest absolute Gasteiger partial charge is 0.291 e. The van der Waals surface area contributed by atoms with Gasteiger partial charge >= 0.3 is 0 Å². The number of benzene rings is 2. The third-order valence-corrected chi connectivity index (χ3v) is 5.03. The molecule has 0 atom stereocenters. The largest absolute Gasteiger partial charge is 0.489 e. The van der Waals surface area contributed by atoms with E-state index in [1.807, 2.05) is 38.1 Å². The van der Waals surface area contributed by atoms with Crippen molar-refractivity contribution >= 4 is 21.4 Å². The van der Waals surface area contributed by atoms with Crippen LogP contribution in [-0.4, -0.2) is 20.6 Å². The summed E-state index contributed by atoms with van der Waals surface area (Å²) >= 11 is 0. The molecule has 7 heteroatoms. The Morgan fingerprint density at radius 1 is 1.07 bits per heavy atom. The third-order valence-electron chi connectivity index (χ3n) is 4.22. The number of ether oxygens (including phenoxy) is 1. The number of nitrogens with one attached hydrogen (secondary N) is 1. The number of carbonyl (C=O) groups excluding carboxylic acids is 1. The standard InChI is InChI=1S/C22H23NO5S/c1-15-5-4-6-17(11-15)13-27-18-7-9-20(16(2)12-18)23-22(24)21-10-8-19(28-21)14-29(3,25)26/h4-12H,13-14H2,1-3H3,(H,23,24). The van der Waals surface area contributed by atoms with Crippen LogP contribution in [0.15, 0.2) is 59.0 Å². The summed E-state index contributed by atoms with van der Waals surface area (Å²) in [6.45, 7) is 4.36. The molecule has 0 unspecified atom stereocenters. The van der Waals surface area contributed by atoms with E-state index in [0.717, 1.165) is 17.4 Å². The zero-order valence-electron chi connectivity index (χ0n) is 16.6. The van der Waals surface area contributed by atoms with Gasteiger partial charge in [-0.05, 0) is 55.3 Å². The van der Waals surface area contributed by atoms with Crippen LogP contribution < -0.4 is 10.1 Å². The predicted molar refractivity (Wildman–Crippen MR) is 112 cm³/mol. The van der Waals surface area contributed by atoms with Crippen LogP contribution >= 0.6 is 0 Å². The fourth-order valence-corrected chi connectivity index (χ4v) is 3.53. The Morgan fingerprint density at radius 2 is 1.86 bits per heavy atom. The molecule has 3 aromatic rings. The van der Waals surface area contributed by atoms with E-state index in [2.05, 4.69) is 11.4 Å². The van der Waals surface area contributed by atoms with Gasteiger partial charge in [0.25, 0.3) is 5.91 Å². The first-order valence-corrected chi connectivity index (χ1v) is 11.1. The molecule has 1 amide bonds. The second-order valence-corrected chi connectivity index (χ2v) is 9.18. The molecule has 3 rings (SSSR count). The highest BCUT2D eigenvalue weighted by Gasteiger charge is 2.15. The van der Waals surface area contributed by atoms with Crippen molar-refractivity contribution in [2.45, 2.75) is 26.2 Å². The maximum absolute atomic E-state index is 12.4. The van der Waals surface area contributed by atoms with E-state index in [-0.39, 0.29) is 17.3 Å². The Morgan fingerprint density at radius 3 is 2.55 bits per heavy atom. The number of anilines is 1. The van der Waals surface area contributed by atoms with Gasteiger partial charge in [0.2, 0.25) is 0 Å². The molecule has 0 bridgehead atoms. The lowest BCUT2D eigenvalue weighted by Crippen LogP contribution is -2.12. The predicted octanol–water partition coefficient (Wildman–Crippen LogP) is 4.27. The monoisotopic (exact) mass is 413 g/mol. The molecule has 6 nitrogen and oxygen atoms in total. The highest BCUT2D eigenvalue weighted by molar-refractivity contribution is 7.89. The van der Waals surface area contributed by atoms with Crippen molar-refractivity contribution in [1.82, 2.24) is 0 Å². The lowest BCUT2D eigenvalue weighted by atomic mass is 10.1. The lowest BCUT2D eigenvalue weighted by molar-refractivity contribution is 0.0995. The molecule has 0 aliphatic rings. The molecule has 29 heavy (non-hydrogen) atoms. The van der Waals surface area contributed by atoms with Crippen molar-refractivity contribution in [1.29, 1.82) is 0 Å². The van der Waals surface area contributed by atoms with Crippen LogP contribution in [0.2, 0.25) is 0 Å². The fourth-order valence-electron chi connectivity index (χ4n) is 2.85. The molecule has 0 fully saturated rings. The number of hydrogen-bond acceptors (Lipinski definition) is 5. The van der Waals surface area contributed by atoms with E-state index in [0.29, 0.717) is 18.0 Å². The molecule has 0 aliphatic carbocycles. The maximum atomic E-state index is 12.4. The summed E-state index contributed by atoms with van der Waals surface area (Å²) in [4.78, 5) is 12.4. The second kappa shape index (κ2) is 8.53. The van der Waals surface area contributed by atoms with Crippen LogP contribution in [0.4, 0.5) is 5.69 Å². The van der Waals surface area contributed by atoms with Gasteiger partial charge in [-0.15, -0.1) is 0 Å². The minimum Gasteiger partial charge on any atom is -0.489 e. The average molecular weight is 413 g/mol. The Kier molecular flexibility index (Phi) is 6.08. The van der Waals surface area contributed by atoms with Crippen molar-refractivity contribution in [3.63, 3.8) is 0 Å². The Hall–Kier alpha value is -3.06. The van der Waals surface area contributed by atoms with Gasteiger partial charge in [0.1, 0.15) is 23.9 Å². The summed E-state index contributed by atoms with van der Waals surface area (Å²) in [5.74, 6) is 0.306. The maximum Gasteiger partial charge on any atom is 0.291 e. The first kappa shape index (κ1) is 20.7. The van der Waals surface area contributed by atoms with Gasteiger partial charge < -0.3 is 14.5 Å². The van der Waals surface area contributed by atoms with Crippen LogP contribution in [0.3, 0.4) is 0 Å². The minimum atomic E-state index is -3.23. The first-order valence-electron chi connectivity index (χ1n) is 9.06. The third kappa shape index (κ3) is 5.96. The molecular weight excluding hydrogens is 390 g/mol. The molecule has 1 aromatic heterocycles. The number of hydrogen-bond donors (Lipinski definition) is 1. The number of carbonyl (C=O) groups is 1. The number of furan rings is 1. The van der Waals surface area contributed by atoms with Gasteiger partial charge in [0.15, 0.2) is 15.6 Å². The van der Waals surface area contributed by atoms with Gasteiger partial charge in [-0.3, -0.25) is 4.79 Å². The molecule has 0 radical (unpaired) electrons. The number of aryl methyl sites for hydroxylation is 2. The van der Waals surface area contributed by atoms with E-state index in [9.17, 15) is 13.2 Å². The second-order valence-electron chi connectivity index (χ2n) is 7.04. The number of rotatable bonds is 7.